The van der Waals surface area contributed by atoms with Gasteiger partial charge in [0.2, 0.25) is 0 Å². The van der Waals surface area contributed by atoms with Crippen molar-refractivity contribution >= 4 is 17.3 Å². The van der Waals surface area contributed by atoms with Gasteiger partial charge in [0.05, 0.1) is 0 Å². The summed E-state index contributed by atoms with van der Waals surface area (Å²) < 4.78 is 0. The summed E-state index contributed by atoms with van der Waals surface area (Å²) in [5.41, 5.74) is 12.3. The van der Waals surface area contributed by atoms with Crippen LogP contribution in [-0.2, 0) is 0 Å². The molecule has 2 heterocycles. The van der Waals surface area contributed by atoms with Crippen molar-refractivity contribution in [1.29, 1.82) is 0 Å². The number of likely N-dealkylation sites (tertiary alicyclic amines) is 1. The van der Waals surface area contributed by atoms with E-state index in [0.29, 0.717) is 5.11 Å². The lowest BCUT2D eigenvalue weighted by atomic mass is 9.98. The number of hydrazine groups is 2. The largest absolute Gasteiger partial charge is 0.306 e. The Morgan fingerprint density at radius 2 is 1.77 bits per heavy atom. The molecule has 2 aliphatic rings. The van der Waals surface area contributed by atoms with Gasteiger partial charge in [-0.1, -0.05) is 0 Å². The molecule has 0 bridgehead atoms. The van der Waals surface area contributed by atoms with Gasteiger partial charge in [-0.25, -0.2) is 10.9 Å². The Morgan fingerprint density at radius 1 is 1.23 bits per heavy atom. The van der Waals surface area contributed by atoms with Crippen LogP contribution < -0.4 is 21.7 Å². The van der Waals surface area contributed by atoms with E-state index in [9.17, 15) is 0 Å². The minimum absolute atomic E-state index is 0.0329. The maximum Gasteiger partial charge on any atom is 0.195 e. The molecule has 0 aliphatic carbocycles. The van der Waals surface area contributed by atoms with Crippen LogP contribution in [0.4, 0.5) is 0 Å². The van der Waals surface area contributed by atoms with Crippen molar-refractivity contribution in [1.82, 2.24) is 26.6 Å². The number of piperidine rings is 1. The Hall–Kier alpha value is -0.430. The second kappa shape index (κ2) is 3.38. The zero-order valence-electron chi connectivity index (χ0n) is 7.68. The van der Waals surface area contributed by atoms with Crippen molar-refractivity contribution < 1.29 is 0 Å². The van der Waals surface area contributed by atoms with E-state index in [1.165, 1.54) is 0 Å². The summed E-state index contributed by atoms with van der Waals surface area (Å²) in [7, 11) is 2.14. The van der Waals surface area contributed by atoms with Gasteiger partial charge in [0, 0.05) is 13.1 Å². The van der Waals surface area contributed by atoms with Gasteiger partial charge in [0.1, 0.15) is 5.66 Å². The molecule has 2 saturated heterocycles. The fourth-order valence-corrected chi connectivity index (χ4v) is 1.77. The normalized spacial score (nSPS) is 28.2. The summed E-state index contributed by atoms with van der Waals surface area (Å²) >= 11 is 4.92. The Bertz CT molecular complexity index is 199. The lowest BCUT2D eigenvalue weighted by Gasteiger charge is -2.44. The first-order valence-corrected chi connectivity index (χ1v) is 4.90. The maximum absolute atomic E-state index is 4.92. The smallest absolute Gasteiger partial charge is 0.195 e. The van der Waals surface area contributed by atoms with Crippen molar-refractivity contribution in [2.75, 3.05) is 20.1 Å². The van der Waals surface area contributed by atoms with Crippen LogP contribution in [0.3, 0.4) is 0 Å². The molecular formula is C7H15N5S. The quantitative estimate of drug-likeness (QED) is 0.373. The molecule has 6 heteroatoms. The average Bonchev–Trinajstić information content (AvgIpc) is 2.16. The van der Waals surface area contributed by atoms with Crippen LogP contribution in [-0.4, -0.2) is 35.8 Å². The molecule has 4 N–H and O–H groups in total. The second-order valence-corrected chi connectivity index (χ2v) is 4.12. The molecule has 2 aliphatic heterocycles. The van der Waals surface area contributed by atoms with Crippen LogP contribution in [0.1, 0.15) is 12.8 Å². The lowest BCUT2D eigenvalue weighted by molar-refractivity contribution is 0.0986. The minimum Gasteiger partial charge on any atom is -0.306 e. The van der Waals surface area contributed by atoms with E-state index in [1.54, 1.807) is 0 Å². The zero-order valence-corrected chi connectivity index (χ0v) is 8.50. The Kier molecular flexibility index (Phi) is 2.37. The number of nitrogens with one attached hydrogen (secondary N) is 4. The van der Waals surface area contributed by atoms with Crippen LogP contribution in [0.25, 0.3) is 0 Å². The van der Waals surface area contributed by atoms with Gasteiger partial charge < -0.3 is 4.90 Å². The van der Waals surface area contributed by atoms with Crippen molar-refractivity contribution in [3.05, 3.63) is 0 Å². The number of rotatable bonds is 0. The summed E-state index contributed by atoms with van der Waals surface area (Å²) in [5.74, 6) is 0. The maximum atomic E-state index is 4.92. The molecular weight excluding hydrogens is 186 g/mol. The Morgan fingerprint density at radius 3 is 2.31 bits per heavy atom. The number of nitrogens with zero attached hydrogens (tertiary/aromatic N) is 1. The van der Waals surface area contributed by atoms with E-state index in [0.717, 1.165) is 25.9 Å². The van der Waals surface area contributed by atoms with Gasteiger partial charge in [-0.3, -0.25) is 10.9 Å². The van der Waals surface area contributed by atoms with Crippen LogP contribution in [0, 0.1) is 0 Å². The molecule has 0 saturated carbocycles. The predicted molar refractivity (Wildman–Crippen MR) is 54.6 cm³/mol. The van der Waals surface area contributed by atoms with Gasteiger partial charge in [0.15, 0.2) is 5.11 Å². The topological polar surface area (TPSA) is 51.4 Å². The van der Waals surface area contributed by atoms with E-state index in [1.807, 2.05) is 0 Å². The van der Waals surface area contributed by atoms with Crippen molar-refractivity contribution in [3.63, 3.8) is 0 Å². The molecule has 0 radical (unpaired) electrons. The van der Waals surface area contributed by atoms with Gasteiger partial charge >= 0.3 is 0 Å². The highest BCUT2D eigenvalue weighted by atomic mass is 32.1. The second-order valence-electron chi connectivity index (χ2n) is 3.71. The third-order valence-electron chi connectivity index (χ3n) is 2.67. The minimum atomic E-state index is -0.0329. The SMILES string of the molecule is CN1CCC2(CC1)NNC(=S)NN2. The number of thiocarbonyl (C=S) groups is 1. The van der Waals surface area contributed by atoms with Gasteiger partial charge in [-0.05, 0) is 32.1 Å². The monoisotopic (exact) mass is 201 g/mol. The lowest BCUT2D eigenvalue weighted by Crippen LogP contribution is -2.75. The van der Waals surface area contributed by atoms with Crippen LogP contribution in [0.5, 0.6) is 0 Å². The molecule has 0 amide bonds. The molecule has 74 valence electrons. The molecule has 0 aromatic carbocycles. The molecule has 5 nitrogen and oxygen atoms in total. The molecule has 13 heavy (non-hydrogen) atoms. The van der Waals surface area contributed by atoms with Crippen molar-refractivity contribution in [2.45, 2.75) is 18.5 Å². The fourth-order valence-electron chi connectivity index (χ4n) is 1.67. The first kappa shape index (κ1) is 9.14. The van der Waals surface area contributed by atoms with Gasteiger partial charge in [0.25, 0.3) is 0 Å². The van der Waals surface area contributed by atoms with Gasteiger partial charge in [-0.2, -0.15) is 0 Å². The Labute approximate surface area is 83.2 Å². The third kappa shape index (κ3) is 1.91. The van der Waals surface area contributed by atoms with Crippen molar-refractivity contribution in [3.8, 4) is 0 Å². The standard InChI is InChI=1S/C7H15N5S/c1-12-4-2-7(3-5-12)10-8-6(13)9-11-7/h10-11H,2-5H2,1H3,(H2,8,9,13). The third-order valence-corrected chi connectivity index (χ3v) is 2.88. The summed E-state index contributed by atoms with van der Waals surface area (Å²) in [6.45, 7) is 2.19. The summed E-state index contributed by atoms with van der Waals surface area (Å²) in [4.78, 5) is 2.32. The summed E-state index contributed by atoms with van der Waals surface area (Å²) in [5, 5.41) is 0.601. The highest BCUT2D eigenvalue weighted by molar-refractivity contribution is 7.80. The molecule has 2 rings (SSSR count). The van der Waals surface area contributed by atoms with E-state index in [-0.39, 0.29) is 5.66 Å². The molecule has 0 atom stereocenters. The fraction of sp³-hybridized carbons (Fsp3) is 0.857. The molecule has 0 unspecified atom stereocenters. The van der Waals surface area contributed by atoms with Crippen LogP contribution in [0.15, 0.2) is 0 Å². The van der Waals surface area contributed by atoms with Crippen LogP contribution >= 0.6 is 12.2 Å². The number of hydrogen-bond acceptors (Lipinski definition) is 4. The van der Waals surface area contributed by atoms with Crippen LogP contribution in [0.2, 0.25) is 0 Å². The van der Waals surface area contributed by atoms with Crippen molar-refractivity contribution in [2.24, 2.45) is 0 Å². The Balaban J connectivity index is 1.94. The van der Waals surface area contributed by atoms with E-state index < -0.39 is 0 Å². The highest BCUT2D eigenvalue weighted by Gasteiger charge is 2.35. The molecule has 0 aromatic heterocycles. The van der Waals surface area contributed by atoms with Gasteiger partial charge in [-0.15, -0.1) is 0 Å². The molecule has 1 spiro atoms. The van der Waals surface area contributed by atoms with E-state index >= 15 is 0 Å². The number of hydrogen-bond donors (Lipinski definition) is 4. The first-order valence-electron chi connectivity index (χ1n) is 4.49. The first-order chi connectivity index (χ1) is 6.20. The average molecular weight is 201 g/mol. The summed E-state index contributed by atoms with van der Waals surface area (Å²) in [6.07, 6.45) is 2.12. The predicted octanol–water partition coefficient (Wildman–Crippen LogP) is -1.10. The van der Waals surface area contributed by atoms with E-state index in [4.69, 9.17) is 12.2 Å². The zero-order chi connectivity index (χ0) is 9.31. The highest BCUT2D eigenvalue weighted by Crippen LogP contribution is 2.17. The molecule has 2 fully saturated rings. The molecule has 0 aromatic rings. The van der Waals surface area contributed by atoms with E-state index in [2.05, 4.69) is 33.7 Å². The summed E-state index contributed by atoms with van der Waals surface area (Å²) in [6, 6.07) is 0.